The minimum atomic E-state index is -0.827. The quantitative estimate of drug-likeness (QED) is 0.0546. The molecule has 0 bridgehead atoms. The van der Waals surface area contributed by atoms with Crippen molar-refractivity contribution in [3.05, 3.63) is 160 Å². The number of phenolic OH excluding ortho intramolecular Hbond substituents is 1. The second-order valence-electron chi connectivity index (χ2n) is 15.9. The van der Waals surface area contributed by atoms with Gasteiger partial charge in [0, 0.05) is 68.9 Å². The van der Waals surface area contributed by atoms with E-state index in [1.165, 1.54) is 12.1 Å². The second-order valence-corrected chi connectivity index (χ2v) is 15.9. The van der Waals surface area contributed by atoms with Gasteiger partial charge in [-0.05, 0) is 84.0 Å². The van der Waals surface area contributed by atoms with Gasteiger partial charge >= 0.3 is 6.09 Å². The first-order valence-corrected chi connectivity index (χ1v) is 21.4. The van der Waals surface area contributed by atoms with Gasteiger partial charge in [0.15, 0.2) is 0 Å². The summed E-state index contributed by atoms with van der Waals surface area (Å²) in [6.45, 7) is 3.42. The van der Waals surface area contributed by atoms with Gasteiger partial charge in [-0.1, -0.05) is 91.0 Å². The maximum absolute atomic E-state index is 13.1. The second kappa shape index (κ2) is 21.3. The lowest BCUT2D eigenvalue weighted by atomic mass is 10.0. The molecule has 1 atom stereocenters. The van der Waals surface area contributed by atoms with Crippen LogP contribution >= 0.6 is 0 Å². The predicted molar refractivity (Wildman–Crippen MR) is 246 cm³/mol. The average Bonchev–Trinajstić information content (AvgIpc) is 3.30. The SMILES string of the molecule is CN(C(=O)CCN1CCC(OC(=O)Nc2ccccc2-c2ccccc2)CC1)c1ccc(CC(=O)NCc2ccc(CCNC[C@H](O)c3ccc(O)c4[nH]c(=O)ccc34)cc2)cc1. The summed E-state index contributed by atoms with van der Waals surface area (Å²) in [5.74, 6) is -0.151. The largest absolute Gasteiger partial charge is 0.506 e. The summed E-state index contributed by atoms with van der Waals surface area (Å²) in [5, 5.41) is 30.7. The molecule has 326 valence electrons. The minimum Gasteiger partial charge on any atom is -0.506 e. The van der Waals surface area contributed by atoms with E-state index in [1.54, 1.807) is 24.1 Å². The third-order valence-corrected chi connectivity index (χ3v) is 11.5. The highest BCUT2D eigenvalue weighted by Gasteiger charge is 2.24. The Hall–Kier alpha value is -6.80. The molecule has 5 aromatic carbocycles. The number of H-pyrrole nitrogens is 1. The van der Waals surface area contributed by atoms with E-state index < -0.39 is 12.2 Å². The summed E-state index contributed by atoms with van der Waals surface area (Å²) in [7, 11) is 1.76. The monoisotopic (exact) mass is 850 g/mol. The number of aliphatic hydroxyl groups excluding tert-OH is 1. The lowest BCUT2D eigenvalue weighted by molar-refractivity contribution is -0.120. The van der Waals surface area contributed by atoms with Crippen LogP contribution in [0.5, 0.6) is 5.75 Å². The molecule has 0 radical (unpaired) electrons. The van der Waals surface area contributed by atoms with Crippen LogP contribution in [-0.2, 0) is 33.7 Å². The van der Waals surface area contributed by atoms with Gasteiger partial charge in [-0.2, -0.15) is 0 Å². The van der Waals surface area contributed by atoms with Crippen molar-refractivity contribution >= 4 is 40.2 Å². The Balaban J connectivity index is 0.766. The van der Waals surface area contributed by atoms with Crippen molar-refractivity contribution in [1.29, 1.82) is 0 Å². The Kier molecular flexibility index (Phi) is 15.0. The topological polar surface area (TPSA) is 176 Å². The Morgan fingerprint density at radius 2 is 1.54 bits per heavy atom. The normalized spacial score (nSPS) is 13.6. The Morgan fingerprint density at radius 1 is 0.841 bits per heavy atom. The molecule has 0 unspecified atom stereocenters. The van der Waals surface area contributed by atoms with Crippen molar-refractivity contribution in [1.82, 2.24) is 20.5 Å². The van der Waals surface area contributed by atoms with Crippen molar-refractivity contribution in [2.45, 2.75) is 50.9 Å². The molecule has 1 aromatic heterocycles. The van der Waals surface area contributed by atoms with Gasteiger partial charge < -0.3 is 40.4 Å². The van der Waals surface area contributed by atoms with E-state index >= 15 is 0 Å². The van der Waals surface area contributed by atoms with Gasteiger partial charge in [-0.15, -0.1) is 0 Å². The minimum absolute atomic E-state index is 0.00348. The number of amides is 3. The molecule has 2 heterocycles. The number of piperidine rings is 1. The number of aromatic amines is 1. The van der Waals surface area contributed by atoms with Crippen molar-refractivity contribution in [2.24, 2.45) is 0 Å². The molecule has 3 amide bonds. The molecule has 0 saturated carbocycles. The number of benzene rings is 5. The number of aliphatic hydroxyl groups is 1. The van der Waals surface area contributed by atoms with E-state index in [4.69, 9.17) is 4.74 Å². The number of carbonyl (C=O) groups excluding carboxylic acids is 3. The number of hydrogen-bond donors (Lipinski definition) is 6. The zero-order valence-corrected chi connectivity index (χ0v) is 35.4. The highest BCUT2D eigenvalue weighted by atomic mass is 16.6. The molecule has 1 fully saturated rings. The molecule has 63 heavy (non-hydrogen) atoms. The Bertz CT molecular complexity index is 2540. The van der Waals surface area contributed by atoms with Gasteiger partial charge in [0.1, 0.15) is 11.9 Å². The van der Waals surface area contributed by atoms with Crippen LogP contribution in [0.2, 0.25) is 0 Å². The number of hydrogen-bond acceptors (Lipinski definition) is 9. The first kappa shape index (κ1) is 44.3. The van der Waals surface area contributed by atoms with Gasteiger partial charge in [0.2, 0.25) is 17.4 Å². The average molecular weight is 851 g/mol. The summed E-state index contributed by atoms with van der Waals surface area (Å²) < 4.78 is 5.77. The van der Waals surface area contributed by atoms with Crippen LogP contribution in [0.15, 0.2) is 132 Å². The number of anilines is 2. The molecular weight excluding hydrogens is 797 g/mol. The molecule has 13 nitrogen and oxygen atoms in total. The molecule has 1 aliphatic heterocycles. The van der Waals surface area contributed by atoms with E-state index in [0.717, 1.165) is 53.0 Å². The smallest absolute Gasteiger partial charge is 0.411 e. The highest BCUT2D eigenvalue weighted by molar-refractivity contribution is 5.93. The number of rotatable bonds is 17. The zero-order valence-electron chi connectivity index (χ0n) is 35.4. The number of para-hydroxylation sites is 1. The van der Waals surface area contributed by atoms with E-state index in [9.17, 15) is 29.4 Å². The van der Waals surface area contributed by atoms with Crippen LogP contribution < -0.4 is 26.4 Å². The summed E-state index contributed by atoms with van der Waals surface area (Å²) in [6, 6.07) is 39.1. The van der Waals surface area contributed by atoms with Crippen LogP contribution in [0.1, 0.15) is 47.6 Å². The summed E-state index contributed by atoms with van der Waals surface area (Å²) in [4.78, 5) is 56.9. The summed E-state index contributed by atoms with van der Waals surface area (Å²) in [5.41, 5.74) is 6.93. The zero-order chi connectivity index (χ0) is 44.1. The first-order valence-electron chi connectivity index (χ1n) is 21.4. The van der Waals surface area contributed by atoms with Crippen LogP contribution in [0.25, 0.3) is 22.0 Å². The van der Waals surface area contributed by atoms with E-state index in [2.05, 4.69) is 25.8 Å². The summed E-state index contributed by atoms with van der Waals surface area (Å²) in [6.07, 6.45) is 1.22. The van der Waals surface area contributed by atoms with E-state index in [-0.39, 0.29) is 35.6 Å². The number of aromatic hydroxyl groups is 1. The first-order chi connectivity index (χ1) is 30.6. The number of pyridine rings is 1. The molecule has 0 spiro atoms. The molecule has 1 saturated heterocycles. The number of likely N-dealkylation sites (tertiary alicyclic amines) is 1. The van der Waals surface area contributed by atoms with Gasteiger partial charge in [-0.3, -0.25) is 19.7 Å². The molecule has 7 rings (SSSR count). The number of ether oxygens (including phenoxy) is 1. The van der Waals surface area contributed by atoms with Crippen molar-refractivity contribution < 1.29 is 29.3 Å². The fraction of sp³-hybridized carbons (Fsp3) is 0.280. The molecule has 13 heteroatoms. The van der Waals surface area contributed by atoms with E-state index in [0.29, 0.717) is 67.6 Å². The lowest BCUT2D eigenvalue weighted by Gasteiger charge is -2.31. The third kappa shape index (κ3) is 12.2. The van der Waals surface area contributed by atoms with E-state index in [1.807, 2.05) is 103 Å². The summed E-state index contributed by atoms with van der Waals surface area (Å²) >= 11 is 0. The van der Waals surface area contributed by atoms with Crippen LogP contribution in [0, 0.1) is 0 Å². The third-order valence-electron chi connectivity index (χ3n) is 11.5. The van der Waals surface area contributed by atoms with Gasteiger partial charge in [-0.25, -0.2) is 4.79 Å². The fourth-order valence-electron chi connectivity index (χ4n) is 7.81. The number of phenols is 1. The lowest BCUT2D eigenvalue weighted by Crippen LogP contribution is -2.40. The molecule has 1 aliphatic rings. The van der Waals surface area contributed by atoms with Crippen LogP contribution in [0.3, 0.4) is 0 Å². The van der Waals surface area contributed by atoms with Crippen molar-refractivity contribution in [2.75, 3.05) is 50.0 Å². The number of aromatic nitrogens is 1. The van der Waals surface area contributed by atoms with Gasteiger partial charge in [0.05, 0.1) is 23.7 Å². The standard InChI is InChI=1S/C50H54N6O7/c1-55(48(61)26-30-56-28-24-39(25-29-56)63-50(62)53-43-10-6-5-9-40(43)37-7-3-2-4-8-37)38-17-15-35(16-18-38)31-47(60)52-32-36-13-11-34(12-14-36)23-27-51-33-45(58)41-19-21-44(57)49-42(41)20-22-46(59)54-49/h2-22,39,45,51,57-58H,23-33H2,1H3,(H,52,60)(H,53,62)(H,54,59)/t45-/m0/s1. The predicted octanol–water partition coefficient (Wildman–Crippen LogP) is 6.69. The van der Waals surface area contributed by atoms with Crippen LogP contribution in [0.4, 0.5) is 16.2 Å². The maximum Gasteiger partial charge on any atom is 0.411 e. The molecule has 6 N–H and O–H groups in total. The fourth-order valence-corrected chi connectivity index (χ4v) is 7.81. The molecule has 0 aliphatic carbocycles. The number of nitrogens with one attached hydrogen (secondary N) is 4. The van der Waals surface area contributed by atoms with Crippen molar-refractivity contribution in [3.8, 4) is 16.9 Å². The van der Waals surface area contributed by atoms with Crippen LogP contribution in [-0.4, -0.2) is 83.9 Å². The number of fused-ring (bicyclic) bond motifs is 1. The number of nitrogens with zero attached hydrogens (tertiary/aromatic N) is 2. The number of carbonyl (C=O) groups is 3. The van der Waals surface area contributed by atoms with Gasteiger partial charge in [0.25, 0.3) is 0 Å². The maximum atomic E-state index is 13.1. The Labute approximate surface area is 366 Å². The molecule has 6 aromatic rings. The van der Waals surface area contributed by atoms with Crippen molar-refractivity contribution in [3.63, 3.8) is 0 Å². The highest BCUT2D eigenvalue weighted by Crippen LogP contribution is 2.30. The molecular formula is C50H54N6O7. The Morgan fingerprint density at radius 3 is 2.30 bits per heavy atom.